The topological polar surface area (TPSA) is 49.2 Å². The van der Waals surface area contributed by atoms with Crippen LogP contribution in [0.25, 0.3) is 0 Å². The van der Waals surface area contributed by atoms with Gasteiger partial charge in [-0.2, -0.15) is 0 Å². The van der Waals surface area contributed by atoms with E-state index in [1.54, 1.807) is 0 Å². The monoisotopic (exact) mass is 271 g/mol. The van der Waals surface area contributed by atoms with Crippen molar-refractivity contribution in [3.05, 3.63) is 17.0 Å². The van der Waals surface area contributed by atoms with Crippen molar-refractivity contribution in [2.24, 2.45) is 0 Å². The Morgan fingerprint density at radius 3 is 2.61 bits per heavy atom. The Kier molecular flexibility index (Phi) is 6.36. The maximum atomic E-state index is 9.41. The second kappa shape index (κ2) is 7.54. The average Bonchev–Trinajstić information content (AvgIpc) is 2.34. The molecule has 0 bridgehead atoms. The smallest absolute Gasteiger partial charge is 0.140 e. The van der Waals surface area contributed by atoms with Gasteiger partial charge < -0.3 is 10.0 Å². The van der Waals surface area contributed by atoms with E-state index in [2.05, 4.69) is 35.6 Å². The zero-order valence-electron chi connectivity index (χ0n) is 11.4. The lowest BCUT2D eigenvalue weighted by atomic mass is 10.2. The molecule has 0 aliphatic carbocycles. The molecular weight excluding hydrogens is 250 g/mol. The third-order valence-corrected chi connectivity index (χ3v) is 3.25. The number of hydrogen-bond donors (Lipinski definition) is 1. The number of halogens is 1. The van der Waals surface area contributed by atoms with Crippen LogP contribution in [0, 0.1) is 0 Å². The highest BCUT2D eigenvalue weighted by Gasteiger charge is 2.17. The van der Waals surface area contributed by atoms with E-state index in [-0.39, 0.29) is 6.61 Å². The first-order valence-electron chi connectivity index (χ1n) is 6.48. The van der Waals surface area contributed by atoms with Gasteiger partial charge in [0.15, 0.2) is 0 Å². The zero-order chi connectivity index (χ0) is 13.5. The van der Waals surface area contributed by atoms with E-state index >= 15 is 0 Å². The summed E-state index contributed by atoms with van der Waals surface area (Å²) in [4.78, 5) is 10.4. The molecule has 0 saturated carbocycles. The molecule has 102 valence electrons. The number of rotatable bonds is 7. The van der Waals surface area contributed by atoms with Crippen molar-refractivity contribution in [3.8, 4) is 0 Å². The van der Waals surface area contributed by atoms with Crippen molar-refractivity contribution in [2.75, 3.05) is 11.4 Å². The minimum Gasteiger partial charge on any atom is -0.391 e. The standard InChI is InChI=1S/C13H22ClN3O/c1-4-5-6-7-17(10(2)3)13-11(8-18)12(14)15-9-16-13/h9-10,18H,4-8H2,1-3H3. The van der Waals surface area contributed by atoms with Crippen molar-refractivity contribution < 1.29 is 5.11 Å². The molecule has 18 heavy (non-hydrogen) atoms. The average molecular weight is 272 g/mol. The van der Waals surface area contributed by atoms with Crippen molar-refractivity contribution in [2.45, 2.75) is 52.7 Å². The van der Waals surface area contributed by atoms with Crippen LogP contribution in [0.3, 0.4) is 0 Å². The first-order chi connectivity index (χ1) is 8.61. The van der Waals surface area contributed by atoms with Crippen molar-refractivity contribution in [1.29, 1.82) is 0 Å². The van der Waals surface area contributed by atoms with E-state index in [0.29, 0.717) is 16.8 Å². The fraction of sp³-hybridized carbons (Fsp3) is 0.692. The molecule has 0 fully saturated rings. The Hall–Kier alpha value is -0.870. The van der Waals surface area contributed by atoms with Crippen LogP contribution in [0.2, 0.25) is 5.15 Å². The SMILES string of the molecule is CCCCCN(c1ncnc(Cl)c1CO)C(C)C. The van der Waals surface area contributed by atoms with Gasteiger partial charge in [0, 0.05) is 12.6 Å². The molecule has 4 nitrogen and oxygen atoms in total. The number of aliphatic hydroxyl groups excluding tert-OH is 1. The largest absolute Gasteiger partial charge is 0.391 e. The van der Waals surface area contributed by atoms with Crippen molar-refractivity contribution in [3.63, 3.8) is 0 Å². The maximum Gasteiger partial charge on any atom is 0.140 e. The Bertz CT molecular complexity index is 371. The van der Waals surface area contributed by atoms with Gasteiger partial charge >= 0.3 is 0 Å². The summed E-state index contributed by atoms with van der Waals surface area (Å²) in [6.45, 7) is 7.20. The lowest BCUT2D eigenvalue weighted by Gasteiger charge is -2.29. The number of aromatic nitrogens is 2. The summed E-state index contributed by atoms with van der Waals surface area (Å²) in [6, 6.07) is 0.318. The van der Waals surface area contributed by atoms with Crippen molar-refractivity contribution >= 4 is 17.4 Å². The Morgan fingerprint density at radius 1 is 1.33 bits per heavy atom. The molecule has 5 heteroatoms. The highest BCUT2D eigenvalue weighted by molar-refractivity contribution is 6.30. The van der Waals surface area contributed by atoms with Crippen LogP contribution in [-0.2, 0) is 6.61 Å². The van der Waals surface area contributed by atoms with E-state index in [9.17, 15) is 5.11 Å². The Morgan fingerprint density at radius 2 is 2.06 bits per heavy atom. The number of unbranched alkanes of at least 4 members (excludes halogenated alkanes) is 2. The summed E-state index contributed by atoms with van der Waals surface area (Å²) in [5.41, 5.74) is 0.615. The summed E-state index contributed by atoms with van der Waals surface area (Å²) in [7, 11) is 0. The van der Waals surface area contributed by atoms with E-state index in [4.69, 9.17) is 11.6 Å². The maximum absolute atomic E-state index is 9.41. The first kappa shape index (κ1) is 15.2. The lowest BCUT2D eigenvalue weighted by Crippen LogP contribution is -2.33. The Balaban J connectivity index is 2.94. The molecule has 0 radical (unpaired) electrons. The molecule has 0 aliphatic heterocycles. The van der Waals surface area contributed by atoms with Crippen LogP contribution in [0.5, 0.6) is 0 Å². The van der Waals surface area contributed by atoms with Crippen LogP contribution < -0.4 is 4.90 Å². The molecule has 1 aromatic heterocycles. The molecule has 0 saturated heterocycles. The molecule has 0 unspecified atom stereocenters. The van der Waals surface area contributed by atoms with Gasteiger partial charge in [0.05, 0.1) is 12.2 Å². The van der Waals surface area contributed by atoms with E-state index < -0.39 is 0 Å². The predicted octanol–water partition coefficient (Wildman–Crippen LogP) is 3.03. The lowest BCUT2D eigenvalue weighted by molar-refractivity contribution is 0.281. The molecule has 0 aliphatic rings. The second-order valence-electron chi connectivity index (χ2n) is 4.62. The van der Waals surface area contributed by atoms with Gasteiger partial charge in [-0.1, -0.05) is 31.4 Å². The molecule has 0 amide bonds. The van der Waals surface area contributed by atoms with Gasteiger partial charge in [-0.05, 0) is 20.3 Å². The molecular formula is C13H22ClN3O. The molecule has 1 N–H and O–H groups in total. The van der Waals surface area contributed by atoms with E-state index in [1.165, 1.54) is 19.2 Å². The van der Waals surface area contributed by atoms with Gasteiger partial charge in [0.1, 0.15) is 17.3 Å². The van der Waals surface area contributed by atoms with Crippen LogP contribution >= 0.6 is 11.6 Å². The summed E-state index contributed by atoms with van der Waals surface area (Å²) < 4.78 is 0. The predicted molar refractivity (Wildman–Crippen MR) is 75.0 cm³/mol. The fourth-order valence-corrected chi connectivity index (χ4v) is 2.09. The van der Waals surface area contributed by atoms with Gasteiger partial charge in [-0.15, -0.1) is 0 Å². The fourth-order valence-electron chi connectivity index (χ4n) is 1.91. The summed E-state index contributed by atoms with van der Waals surface area (Å²) in [5, 5.41) is 9.75. The molecule has 1 rings (SSSR count). The van der Waals surface area contributed by atoms with Gasteiger partial charge in [-0.3, -0.25) is 0 Å². The third kappa shape index (κ3) is 3.82. The molecule has 0 spiro atoms. The number of hydrogen-bond acceptors (Lipinski definition) is 4. The van der Waals surface area contributed by atoms with Crippen LogP contribution in [-0.4, -0.2) is 27.7 Å². The van der Waals surface area contributed by atoms with Crippen LogP contribution in [0.15, 0.2) is 6.33 Å². The van der Waals surface area contributed by atoms with Gasteiger partial charge in [0.2, 0.25) is 0 Å². The van der Waals surface area contributed by atoms with Crippen molar-refractivity contribution in [1.82, 2.24) is 9.97 Å². The van der Waals surface area contributed by atoms with Gasteiger partial charge in [0.25, 0.3) is 0 Å². The quantitative estimate of drug-likeness (QED) is 0.612. The normalized spacial score (nSPS) is 11.0. The number of aliphatic hydroxyl groups is 1. The van der Waals surface area contributed by atoms with Gasteiger partial charge in [-0.25, -0.2) is 9.97 Å². The molecule has 1 aromatic rings. The third-order valence-electron chi connectivity index (χ3n) is 2.93. The minimum absolute atomic E-state index is 0.133. The zero-order valence-corrected chi connectivity index (χ0v) is 12.1. The Labute approximate surface area is 114 Å². The van der Waals surface area contributed by atoms with Crippen LogP contribution in [0.1, 0.15) is 45.6 Å². The number of nitrogens with zero attached hydrogens (tertiary/aromatic N) is 3. The van der Waals surface area contributed by atoms with E-state index in [1.807, 2.05) is 0 Å². The minimum atomic E-state index is -0.133. The molecule has 0 atom stereocenters. The molecule has 0 aromatic carbocycles. The first-order valence-corrected chi connectivity index (χ1v) is 6.86. The highest BCUT2D eigenvalue weighted by Crippen LogP contribution is 2.25. The number of anilines is 1. The summed E-state index contributed by atoms with van der Waals surface area (Å²) in [5.74, 6) is 0.753. The molecule has 1 heterocycles. The summed E-state index contributed by atoms with van der Waals surface area (Å²) in [6.07, 6.45) is 4.94. The second-order valence-corrected chi connectivity index (χ2v) is 4.98. The summed E-state index contributed by atoms with van der Waals surface area (Å²) >= 11 is 6.00. The van der Waals surface area contributed by atoms with Crippen LogP contribution in [0.4, 0.5) is 5.82 Å². The highest BCUT2D eigenvalue weighted by atomic mass is 35.5. The van der Waals surface area contributed by atoms with E-state index in [0.717, 1.165) is 18.8 Å².